The SMILES string of the molecule is CN(CCC#N)c1ccc(CCl)cc1. The van der Waals surface area contributed by atoms with Crippen LogP contribution in [0.4, 0.5) is 5.69 Å². The molecule has 0 aliphatic rings. The Morgan fingerprint density at radius 1 is 1.36 bits per heavy atom. The molecule has 1 aromatic rings. The van der Waals surface area contributed by atoms with Crippen LogP contribution in [0.3, 0.4) is 0 Å². The van der Waals surface area contributed by atoms with Gasteiger partial charge in [0.25, 0.3) is 0 Å². The number of benzene rings is 1. The van der Waals surface area contributed by atoms with Crippen molar-refractivity contribution in [3.05, 3.63) is 29.8 Å². The molecule has 2 nitrogen and oxygen atoms in total. The van der Waals surface area contributed by atoms with E-state index in [0.717, 1.165) is 17.8 Å². The van der Waals surface area contributed by atoms with Gasteiger partial charge in [-0.25, -0.2) is 0 Å². The van der Waals surface area contributed by atoms with Gasteiger partial charge in [0, 0.05) is 25.2 Å². The monoisotopic (exact) mass is 208 g/mol. The third kappa shape index (κ3) is 2.93. The topological polar surface area (TPSA) is 27.0 Å². The summed E-state index contributed by atoms with van der Waals surface area (Å²) in [5, 5.41) is 8.45. The summed E-state index contributed by atoms with van der Waals surface area (Å²) in [6.45, 7) is 0.761. The Labute approximate surface area is 89.7 Å². The van der Waals surface area contributed by atoms with Crippen LogP contribution in [0.25, 0.3) is 0 Å². The van der Waals surface area contributed by atoms with E-state index in [1.807, 2.05) is 31.3 Å². The Morgan fingerprint density at radius 3 is 2.50 bits per heavy atom. The molecule has 1 aromatic carbocycles. The molecule has 0 saturated carbocycles. The quantitative estimate of drug-likeness (QED) is 0.712. The van der Waals surface area contributed by atoms with Crippen molar-refractivity contribution in [3.8, 4) is 6.07 Å². The second kappa shape index (κ2) is 5.51. The van der Waals surface area contributed by atoms with E-state index in [1.165, 1.54) is 0 Å². The average molecular weight is 209 g/mol. The van der Waals surface area contributed by atoms with Crippen molar-refractivity contribution in [2.45, 2.75) is 12.3 Å². The lowest BCUT2D eigenvalue weighted by Gasteiger charge is -2.17. The first-order chi connectivity index (χ1) is 6.77. The molecule has 14 heavy (non-hydrogen) atoms. The lowest BCUT2D eigenvalue weighted by molar-refractivity contribution is 0.905. The van der Waals surface area contributed by atoms with Gasteiger partial charge in [0.05, 0.1) is 12.5 Å². The van der Waals surface area contributed by atoms with Gasteiger partial charge in [0.15, 0.2) is 0 Å². The number of nitriles is 1. The number of nitrogens with zero attached hydrogens (tertiary/aromatic N) is 2. The van der Waals surface area contributed by atoms with E-state index < -0.39 is 0 Å². The molecular weight excluding hydrogens is 196 g/mol. The van der Waals surface area contributed by atoms with Crippen LogP contribution < -0.4 is 4.90 Å². The normalized spacial score (nSPS) is 9.50. The minimum absolute atomic E-state index is 0.544. The Balaban J connectivity index is 2.62. The van der Waals surface area contributed by atoms with Crippen molar-refractivity contribution < 1.29 is 0 Å². The highest BCUT2D eigenvalue weighted by Gasteiger charge is 1.99. The van der Waals surface area contributed by atoms with Crippen LogP contribution in [0.5, 0.6) is 0 Å². The largest absolute Gasteiger partial charge is 0.374 e. The summed E-state index contributed by atoms with van der Waals surface area (Å²) in [5.41, 5.74) is 2.23. The Bertz CT molecular complexity index is 313. The molecule has 0 fully saturated rings. The van der Waals surface area contributed by atoms with E-state index in [-0.39, 0.29) is 0 Å². The maximum atomic E-state index is 8.45. The Morgan fingerprint density at radius 2 is 2.00 bits per heavy atom. The number of rotatable bonds is 4. The second-order valence-electron chi connectivity index (χ2n) is 3.13. The molecule has 0 amide bonds. The highest BCUT2D eigenvalue weighted by atomic mass is 35.5. The maximum Gasteiger partial charge on any atom is 0.0640 e. The van der Waals surface area contributed by atoms with Crippen molar-refractivity contribution in [2.24, 2.45) is 0 Å². The molecule has 0 unspecified atom stereocenters. The zero-order chi connectivity index (χ0) is 10.4. The van der Waals surface area contributed by atoms with Crippen LogP contribution in [-0.4, -0.2) is 13.6 Å². The van der Waals surface area contributed by atoms with Crippen molar-refractivity contribution in [1.82, 2.24) is 0 Å². The highest BCUT2D eigenvalue weighted by Crippen LogP contribution is 2.14. The van der Waals surface area contributed by atoms with Crippen LogP contribution >= 0.6 is 11.6 Å². The number of alkyl halides is 1. The zero-order valence-corrected chi connectivity index (χ0v) is 8.96. The summed E-state index contributed by atoms with van der Waals surface area (Å²) in [5.74, 6) is 0.544. The molecule has 0 aromatic heterocycles. The van der Waals surface area contributed by atoms with Gasteiger partial charge in [-0.15, -0.1) is 11.6 Å². The summed E-state index contributed by atoms with van der Waals surface area (Å²) in [6.07, 6.45) is 0.549. The third-order valence-corrected chi connectivity index (χ3v) is 2.40. The lowest BCUT2D eigenvalue weighted by Crippen LogP contribution is -2.17. The molecular formula is C11H13ClN2. The van der Waals surface area contributed by atoms with E-state index in [1.54, 1.807) is 0 Å². The fourth-order valence-corrected chi connectivity index (χ4v) is 1.36. The summed E-state index contributed by atoms with van der Waals surface area (Å²) < 4.78 is 0. The Hall–Kier alpha value is -1.20. The van der Waals surface area contributed by atoms with Crippen LogP contribution in [0.2, 0.25) is 0 Å². The van der Waals surface area contributed by atoms with Gasteiger partial charge in [0.2, 0.25) is 0 Å². The van der Waals surface area contributed by atoms with E-state index in [0.29, 0.717) is 12.3 Å². The molecule has 0 aliphatic heterocycles. The first-order valence-electron chi connectivity index (χ1n) is 4.51. The predicted molar refractivity (Wildman–Crippen MR) is 59.5 cm³/mol. The molecule has 1 rings (SSSR count). The molecule has 0 aliphatic carbocycles. The molecule has 0 radical (unpaired) electrons. The summed E-state index contributed by atoms with van der Waals surface area (Å²) in [4.78, 5) is 2.06. The smallest absolute Gasteiger partial charge is 0.0640 e. The zero-order valence-electron chi connectivity index (χ0n) is 8.20. The molecule has 0 saturated heterocycles. The molecule has 74 valence electrons. The van der Waals surface area contributed by atoms with E-state index >= 15 is 0 Å². The van der Waals surface area contributed by atoms with E-state index in [4.69, 9.17) is 16.9 Å². The Kier molecular flexibility index (Phi) is 4.28. The third-order valence-electron chi connectivity index (χ3n) is 2.09. The van der Waals surface area contributed by atoms with Crippen LogP contribution in [-0.2, 0) is 5.88 Å². The number of halogens is 1. The van der Waals surface area contributed by atoms with Crippen molar-refractivity contribution in [1.29, 1.82) is 5.26 Å². The van der Waals surface area contributed by atoms with Gasteiger partial charge in [-0.05, 0) is 17.7 Å². The first-order valence-corrected chi connectivity index (χ1v) is 5.04. The average Bonchev–Trinajstić information content (AvgIpc) is 2.26. The van der Waals surface area contributed by atoms with Crippen molar-refractivity contribution >= 4 is 17.3 Å². The molecule has 3 heteroatoms. The van der Waals surface area contributed by atoms with E-state index in [2.05, 4.69) is 11.0 Å². The van der Waals surface area contributed by atoms with Gasteiger partial charge in [0.1, 0.15) is 0 Å². The molecule has 0 N–H and O–H groups in total. The predicted octanol–water partition coefficient (Wildman–Crippen LogP) is 2.78. The van der Waals surface area contributed by atoms with Crippen LogP contribution in [0.1, 0.15) is 12.0 Å². The summed E-state index contributed by atoms with van der Waals surface area (Å²) in [6, 6.07) is 10.2. The van der Waals surface area contributed by atoms with Gasteiger partial charge in [-0.3, -0.25) is 0 Å². The summed E-state index contributed by atoms with van der Waals surface area (Å²) >= 11 is 5.69. The minimum Gasteiger partial charge on any atom is -0.374 e. The lowest BCUT2D eigenvalue weighted by atomic mass is 10.2. The molecule has 0 bridgehead atoms. The number of anilines is 1. The highest BCUT2D eigenvalue weighted by molar-refractivity contribution is 6.17. The summed E-state index contributed by atoms with van der Waals surface area (Å²) in [7, 11) is 1.98. The fourth-order valence-electron chi connectivity index (χ4n) is 1.19. The van der Waals surface area contributed by atoms with Crippen LogP contribution in [0, 0.1) is 11.3 Å². The maximum absolute atomic E-state index is 8.45. The van der Waals surface area contributed by atoms with Gasteiger partial charge in [-0.1, -0.05) is 12.1 Å². The van der Waals surface area contributed by atoms with Crippen molar-refractivity contribution in [2.75, 3.05) is 18.5 Å². The van der Waals surface area contributed by atoms with E-state index in [9.17, 15) is 0 Å². The second-order valence-corrected chi connectivity index (χ2v) is 3.40. The fraction of sp³-hybridized carbons (Fsp3) is 0.364. The van der Waals surface area contributed by atoms with Gasteiger partial charge >= 0.3 is 0 Å². The molecule has 0 atom stereocenters. The molecule has 0 heterocycles. The minimum atomic E-state index is 0.544. The number of hydrogen-bond acceptors (Lipinski definition) is 2. The van der Waals surface area contributed by atoms with Gasteiger partial charge in [-0.2, -0.15) is 5.26 Å². The van der Waals surface area contributed by atoms with Gasteiger partial charge < -0.3 is 4.90 Å². The first kappa shape index (κ1) is 10.9. The van der Waals surface area contributed by atoms with Crippen molar-refractivity contribution in [3.63, 3.8) is 0 Å². The molecule has 0 spiro atoms. The number of hydrogen-bond donors (Lipinski definition) is 0. The standard InChI is InChI=1S/C11H13ClN2/c1-14(8-2-7-13)11-5-3-10(9-12)4-6-11/h3-6H,2,8-9H2,1H3. The van der Waals surface area contributed by atoms with Crippen LogP contribution in [0.15, 0.2) is 24.3 Å².